The zero-order chi connectivity index (χ0) is 33.3. The van der Waals surface area contributed by atoms with E-state index in [2.05, 4.69) is 148 Å². The summed E-state index contributed by atoms with van der Waals surface area (Å²) in [7, 11) is 0. The summed E-state index contributed by atoms with van der Waals surface area (Å²) in [4.78, 5) is 10.1. The highest BCUT2D eigenvalue weighted by Gasteiger charge is 2.36. The normalized spacial score (nSPS) is 16.1. The second-order valence-corrected chi connectivity index (χ2v) is 13.9. The molecule has 0 spiro atoms. The highest BCUT2D eigenvalue weighted by atomic mass is 16.5. The lowest BCUT2D eigenvalue weighted by Crippen LogP contribution is -2.26. The molecule has 5 heteroatoms. The van der Waals surface area contributed by atoms with Gasteiger partial charge in [0.2, 0.25) is 5.90 Å². The molecule has 9 rings (SSSR count). The fourth-order valence-electron chi connectivity index (χ4n) is 7.98. The van der Waals surface area contributed by atoms with Crippen LogP contribution in [0.3, 0.4) is 0 Å². The zero-order valence-electron chi connectivity index (χ0n) is 28.1. The number of nitrogens with zero attached hydrogens (tertiary/aromatic N) is 3. The minimum Gasteiger partial charge on any atom is -0.475 e. The van der Waals surface area contributed by atoms with E-state index in [4.69, 9.17) is 19.5 Å². The number of aliphatic imine (C=N–C) groups is 1. The van der Waals surface area contributed by atoms with Crippen molar-refractivity contribution in [1.29, 1.82) is 0 Å². The lowest BCUT2D eigenvalue weighted by molar-refractivity contribution is 0.308. The van der Waals surface area contributed by atoms with Crippen molar-refractivity contribution in [3.63, 3.8) is 0 Å². The van der Waals surface area contributed by atoms with Crippen molar-refractivity contribution in [3.05, 3.63) is 166 Å². The largest absolute Gasteiger partial charge is 0.475 e. The van der Waals surface area contributed by atoms with Crippen molar-refractivity contribution in [2.24, 2.45) is 4.99 Å². The minimum atomic E-state index is -0.190. The van der Waals surface area contributed by atoms with Crippen LogP contribution < -0.4 is 4.74 Å². The molecule has 2 aliphatic heterocycles. The minimum absolute atomic E-state index is 0.0411. The first-order valence-corrected chi connectivity index (χ1v) is 17.0. The summed E-state index contributed by atoms with van der Waals surface area (Å²) in [6.45, 7) is 9.37. The Labute approximate surface area is 286 Å². The number of ether oxygens (including phenoxy) is 2. The van der Waals surface area contributed by atoms with Gasteiger partial charge in [0, 0.05) is 39.9 Å². The maximum atomic E-state index is 6.77. The average Bonchev–Trinajstić information content (AvgIpc) is 3.73. The fourth-order valence-corrected chi connectivity index (χ4v) is 7.98. The van der Waals surface area contributed by atoms with Crippen molar-refractivity contribution >= 4 is 27.8 Å². The molecule has 0 fully saturated rings. The number of benzene rings is 5. The quantitative estimate of drug-likeness (QED) is 0.182. The first-order valence-electron chi connectivity index (χ1n) is 17.0. The van der Waals surface area contributed by atoms with Crippen molar-refractivity contribution in [2.45, 2.75) is 45.1 Å². The Balaban J connectivity index is 1.10. The number of hydrogen-bond acceptors (Lipinski definition) is 4. The van der Waals surface area contributed by atoms with Crippen LogP contribution in [0.2, 0.25) is 0 Å². The molecule has 0 radical (unpaired) electrons. The summed E-state index contributed by atoms with van der Waals surface area (Å²) in [6, 6.07) is 42.8. The topological polar surface area (TPSA) is 48.6 Å². The van der Waals surface area contributed by atoms with E-state index in [0.29, 0.717) is 12.5 Å². The maximum absolute atomic E-state index is 6.77. The maximum Gasteiger partial charge on any atom is 0.216 e. The lowest BCUT2D eigenvalue weighted by Gasteiger charge is -2.35. The summed E-state index contributed by atoms with van der Waals surface area (Å²) in [5.74, 6) is 2.32. The molecule has 0 bridgehead atoms. The van der Waals surface area contributed by atoms with E-state index in [-0.39, 0.29) is 17.4 Å². The highest BCUT2D eigenvalue weighted by Crippen LogP contribution is 2.49. The van der Waals surface area contributed by atoms with Gasteiger partial charge in [-0.1, -0.05) is 92.7 Å². The summed E-state index contributed by atoms with van der Waals surface area (Å²) < 4.78 is 15.4. The van der Waals surface area contributed by atoms with E-state index in [0.717, 1.165) is 44.9 Å². The van der Waals surface area contributed by atoms with Gasteiger partial charge in [0.15, 0.2) is 0 Å². The van der Waals surface area contributed by atoms with Gasteiger partial charge in [-0.15, -0.1) is 0 Å². The van der Waals surface area contributed by atoms with Gasteiger partial charge in [0.1, 0.15) is 23.8 Å². The third-order valence-electron chi connectivity index (χ3n) is 10.3. The Morgan fingerprint density at radius 2 is 1.51 bits per heavy atom. The van der Waals surface area contributed by atoms with Crippen LogP contribution in [-0.4, -0.2) is 28.1 Å². The van der Waals surface area contributed by atoms with Crippen LogP contribution in [0.25, 0.3) is 27.6 Å². The standard InChI is InChI=1S/C44H37N3O2/c1-27-21-31(43-46-37(26-48-43)40(29-13-7-5-8-14-29)30-15-9-6-10-16-30)24-32(22-27)49-39-25-38-36(23-28(39)2)44(3,4)35-19-11-17-33-34-18-12-20-45-42(34)47(38)41(33)35/h5-25,37,40H,26H2,1-4H3/t37-/m0/s1. The fraction of sp³-hybridized carbons (Fsp3) is 0.182. The number of para-hydroxylation sites is 1. The number of pyridine rings is 1. The molecule has 240 valence electrons. The van der Waals surface area contributed by atoms with Gasteiger partial charge in [-0.25, -0.2) is 9.98 Å². The van der Waals surface area contributed by atoms with E-state index >= 15 is 0 Å². The SMILES string of the molecule is Cc1cc(Oc2cc3c(cc2C)C(C)(C)c2cccc4c5cccnc5n-3c24)cc(C2=N[C@H](C(c3ccccc3)c3ccccc3)CO2)c1. The molecule has 0 unspecified atom stereocenters. The Hall–Kier alpha value is -5.68. The number of aryl methyl sites for hydroxylation is 2. The summed E-state index contributed by atoms with van der Waals surface area (Å²) >= 11 is 0. The Morgan fingerprint density at radius 1 is 0.776 bits per heavy atom. The third kappa shape index (κ3) is 4.75. The van der Waals surface area contributed by atoms with E-state index in [1.807, 2.05) is 12.3 Å². The first-order chi connectivity index (χ1) is 23.9. The van der Waals surface area contributed by atoms with Crippen molar-refractivity contribution in [2.75, 3.05) is 6.61 Å². The second-order valence-electron chi connectivity index (χ2n) is 13.9. The van der Waals surface area contributed by atoms with Crippen LogP contribution >= 0.6 is 0 Å². The Morgan fingerprint density at radius 3 is 2.27 bits per heavy atom. The molecule has 0 amide bonds. The molecular weight excluding hydrogens is 603 g/mol. The van der Waals surface area contributed by atoms with Gasteiger partial charge < -0.3 is 9.47 Å². The monoisotopic (exact) mass is 639 g/mol. The van der Waals surface area contributed by atoms with Crippen molar-refractivity contribution < 1.29 is 9.47 Å². The predicted octanol–water partition coefficient (Wildman–Crippen LogP) is 10.2. The van der Waals surface area contributed by atoms with Crippen LogP contribution in [-0.2, 0) is 10.2 Å². The predicted molar refractivity (Wildman–Crippen MR) is 198 cm³/mol. The first kappa shape index (κ1) is 29.5. The van der Waals surface area contributed by atoms with Gasteiger partial charge in [-0.2, -0.15) is 0 Å². The smallest absolute Gasteiger partial charge is 0.216 e. The Kier molecular flexibility index (Phi) is 6.73. The van der Waals surface area contributed by atoms with Gasteiger partial charge in [-0.05, 0) is 83.6 Å². The summed E-state index contributed by atoms with van der Waals surface area (Å²) in [5.41, 5.74) is 11.2. The molecule has 0 saturated carbocycles. The zero-order valence-corrected chi connectivity index (χ0v) is 28.1. The molecule has 7 aromatic rings. The van der Waals surface area contributed by atoms with Crippen molar-refractivity contribution in [1.82, 2.24) is 9.55 Å². The van der Waals surface area contributed by atoms with E-state index < -0.39 is 0 Å². The van der Waals surface area contributed by atoms with Crippen LogP contribution in [0, 0.1) is 13.8 Å². The number of hydrogen-bond donors (Lipinski definition) is 0. The molecule has 5 nitrogen and oxygen atoms in total. The van der Waals surface area contributed by atoms with Gasteiger partial charge in [0.05, 0.1) is 17.2 Å². The Bertz CT molecular complexity index is 2390. The molecule has 4 heterocycles. The molecule has 5 aromatic carbocycles. The van der Waals surface area contributed by atoms with Gasteiger partial charge in [-0.3, -0.25) is 4.57 Å². The third-order valence-corrected chi connectivity index (χ3v) is 10.3. The van der Waals surface area contributed by atoms with Gasteiger partial charge in [0.25, 0.3) is 0 Å². The van der Waals surface area contributed by atoms with Gasteiger partial charge >= 0.3 is 0 Å². The van der Waals surface area contributed by atoms with E-state index in [1.165, 1.54) is 33.2 Å². The average molecular weight is 640 g/mol. The molecule has 0 aliphatic carbocycles. The molecule has 0 N–H and O–H groups in total. The van der Waals surface area contributed by atoms with E-state index in [9.17, 15) is 0 Å². The lowest BCUT2D eigenvalue weighted by atomic mass is 9.74. The van der Waals surface area contributed by atoms with Crippen LogP contribution in [0.4, 0.5) is 0 Å². The molecule has 49 heavy (non-hydrogen) atoms. The molecule has 0 saturated heterocycles. The van der Waals surface area contributed by atoms with Crippen LogP contribution in [0.15, 0.2) is 133 Å². The summed E-state index contributed by atoms with van der Waals surface area (Å²) in [6.07, 6.45) is 1.88. The molecular formula is C44H37N3O2. The number of fused-ring (bicyclic) bond motifs is 5. The highest BCUT2D eigenvalue weighted by molar-refractivity contribution is 6.10. The molecule has 1 atom stereocenters. The number of rotatable bonds is 6. The second kappa shape index (κ2) is 11.2. The molecule has 2 aliphatic rings. The van der Waals surface area contributed by atoms with Crippen molar-refractivity contribution in [3.8, 4) is 17.2 Å². The molecule has 2 aromatic heterocycles. The van der Waals surface area contributed by atoms with E-state index in [1.54, 1.807) is 0 Å². The number of aromatic nitrogens is 2. The van der Waals surface area contributed by atoms with Crippen LogP contribution in [0.1, 0.15) is 58.7 Å². The van der Waals surface area contributed by atoms with Crippen LogP contribution in [0.5, 0.6) is 11.5 Å². The summed E-state index contributed by atoms with van der Waals surface area (Å²) in [5, 5.41) is 2.38.